The molecular weight excluding hydrogens is 520 g/mol. The zero-order chi connectivity index (χ0) is 28.2. The molecule has 0 fully saturated rings. The number of hydrogen-bond donors (Lipinski definition) is 1. The summed E-state index contributed by atoms with van der Waals surface area (Å²) in [5.74, 6) is 0. The lowest BCUT2D eigenvalue weighted by atomic mass is 9.99. The highest BCUT2D eigenvalue weighted by Gasteiger charge is 2.10. The number of nitriles is 2. The topological polar surface area (TPSA) is 86.5 Å². The van der Waals surface area contributed by atoms with Crippen molar-refractivity contribution in [2.24, 2.45) is 5.73 Å². The molecule has 6 aromatic rings. The van der Waals surface area contributed by atoms with Crippen molar-refractivity contribution in [2.45, 2.75) is 6.42 Å². The molecule has 2 heterocycles. The number of thiophene rings is 1. The molecule has 0 saturated heterocycles. The second-order valence-electron chi connectivity index (χ2n) is 9.67. The average Bonchev–Trinajstić information content (AvgIpc) is 3.40. The van der Waals surface area contributed by atoms with Crippen LogP contribution in [0.5, 0.6) is 0 Å². The first-order valence-electron chi connectivity index (χ1n) is 13.2. The minimum Gasteiger partial charge on any atom is -0.405 e. The van der Waals surface area contributed by atoms with E-state index in [0.717, 1.165) is 27.9 Å². The third-order valence-corrected chi connectivity index (χ3v) is 8.24. The van der Waals surface area contributed by atoms with Crippen LogP contribution in [0.25, 0.3) is 53.7 Å². The highest BCUT2D eigenvalue weighted by Crippen LogP contribution is 2.38. The fourth-order valence-corrected chi connectivity index (χ4v) is 6.13. The largest absolute Gasteiger partial charge is 0.405 e. The third-order valence-electron chi connectivity index (χ3n) is 7.13. The quantitative estimate of drug-likeness (QED) is 0.168. The summed E-state index contributed by atoms with van der Waals surface area (Å²) in [6.07, 6.45) is 7.24. The molecule has 0 aliphatic rings. The molecule has 0 bridgehead atoms. The van der Waals surface area contributed by atoms with E-state index in [2.05, 4.69) is 102 Å². The van der Waals surface area contributed by atoms with Crippen LogP contribution in [-0.2, 0) is 6.42 Å². The van der Waals surface area contributed by atoms with E-state index in [1.165, 1.54) is 37.5 Å². The number of allylic oxidation sites excluding steroid dienone is 3. The van der Waals surface area contributed by atoms with E-state index in [4.69, 9.17) is 11.0 Å². The molecule has 5 heteroatoms. The lowest BCUT2D eigenvalue weighted by molar-refractivity contribution is 1.25. The Hall–Kier alpha value is -5.49. The Morgan fingerprint density at radius 2 is 1.32 bits per heavy atom. The summed E-state index contributed by atoms with van der Waals surface area (Å²) in [4.78, 5) is 4.41. The summed E-state index contributed by atoms with van der Waals surface area (Å²) in [6.45, 7) is 0. The molecule has 4 nitrogen and oxygen atoms in total. The molecule has 4 aromatic carbocycles. The first kappa shape index (κ1) is 25.8. The molecule has 0 radical (unpaired) electrons. The Morgan fingerprint density at radius 3 is 1.90 bits per heavy atom. The maximum absolute atomic E-state index is 9.19. The second-order valence-corrected chi connectivity index (χ2v) is 10.8. The minimum atomic E-state index is 0.562. The van der Waals surface area contributed by atoms with E-state index in [1.54, 1.807) is 18.3 Å². The molecular formula is C36H24N4S. The Bertz CT molecular complexity index is 2030. The number of aromatic nitrogens is 1. The Morgan fingerprint density at radius 1 is 0.732 bits per heavy atom. The standard InChI is InChI=1S/C36H24N4S/c37-17-15-25(22-38)2-1-24-3-5-27(6-4-24)30-11-13-32-33-14-12-31(21-36(33)41-35(32)20-30)28-7-9-29(10-8-28)34-19-26(23-39)16-18-40-34/h2-21H,1,37H2/b17-15-,25-2+. The molecule has 0 unspecified atom stereocenters. The smallest absolute Gasteiger partial charge is 0.0992 e. The van der Waals surface area contributed by atoms with E-state index in [-0.39, 0.29) is 0 Å². The first-order valence-corrected chi connectivity index (χ1v) is 14.0. The molecule has 0 atom stereocenters. The van der Waals surface area contributed by atoms with Crippen molar-refractivity contribution in [2.75, 3.05) is 0 Å². The molecule has 194 valence electrons. The van der Waals surface area contributed by atoms with Crippen LogP contribution in [0.15, 0.2) is 127 Å². The van der Waals surface area contributed by atoms with Gasteiger partial charge in [0.05, 0.1) is 23.4 Å². The highest BCUT2D eigenvalue weighted by atomic mass is 32.1. The summed E-state index contributed by atoms with van der Waals surface area (Å²) in [5, 5.41) is 20.9. The molecule has 0 aliphatic heterocycles. The predicted octanol–water partition coefficient (Wildman–Crippen LogP) is 8.79. The number of fused-ring (bicyclic) bond motifs is 3. The van der Waals surface area contributed by atoms with Gasteiger partial charge in [-0.2, -0.15) is 10.5 Å². The van der Waals surface area contributed by atoms with Gasteiger partial charge < -0.3 is 5.73 Å². The lowest BCUT2D eigenvalue weighted by Crippen LogP contribution is -1.85. The van der Waals surface area contributed by atoms with E-state index in [0.29, 0.717) is 17.6 Å². The number of nitrogens with two attached hydrogens (primary N) is 1. The SMILES string of the molecule is N#CC(/C=C\N)=C/Cc1ccc(-c2ccc3c(c2)sc2cc(-c4ccc(-c5cc(C#N)ccn5)cc4)ccc23)cc1. The molecule has 41 heavy (non-hydrogen) atoms. The van der Waals surface area contributed by atoms with Crippen LogP contribution >= 0.6 is 11.3 Å². The van der Waals surface area contributed by atoms with Gasteiger partial charge in [0, 0.05) is 37.5 Å². The third kappa shape index (κ3) is 5.36. The predicted molar refractivity (Wildman–Crippen MR) is 169 cm³/mol. The molecule has 2 N–H and O–H groups in total. The molecule has 0 saturated carbocycles. The van der Waals surface area contributed by atoms with E-state index >= 15 is 0 Å². The van der Waals surface area contributed by atoms with Crippen molar-refractivity contribution < 1.29 is 0 Å². The highest BCUT2D eigenvalue weighted by molar-refractivity contribution is 7.25. The summed E-state index contributed by atoms with van der Waals surface area (Å²) in [6, 6.07) is 38.0. The van der Waals surface area contributed by atoms with Crippen LogP contribution < -0.4 is 5.73 Å². The fraction of sp³-hybridized carbons (Fsp3) is 0.0278. The Kier molecular flexibility index (Phi) is 7.11. The van der Waals surface area contributed by atoms with Crippen molar-refractivity contribution in [3.63, 3.8) is 0 Å². The van der Waals surface area contributed by atoms with Crippen molar-refractivity contribution in [1.29, 1.82) is 10.5 Å². The van der Waals surface area contributed by atoms with E-state index in [1.807, 2.05) is 23.5 Å². The normalized spacial score (nSPS) is 11.6. The number of rotatable bonds is 6. The Balaban J connectivity index is 1.25. The van der Waals surface area contributed by atoms with E-state index < -0.39 is 0 Å². The van der Waals surface area contributed by atoms with Crippen molar-refractivity contribution in [3.8, 4) is 45.6 Å². The van der Waals surface area contributed by atoms with Crippen molar-refractivity contribution >= 4 is 31.5 Å². The molecule has 0 aliphatic carbocycles. The van der Waals surface area contributed by atoms with Gasteiger partial charge in [-0.05, 0) is 70.8 Å². The summed E-state index contributed by atoms with van der Waals surface area (Å²) in [5.41, 5.74) is 14.1. The van der Waals surface area contributed by atoms with Gasteiger partial charge in [-0.3, -0.25) is 4.98 Å². The number of pyridine rings is 1. The molecule has 6 rings (SSSR count). The summed E-state index contributed by atoms with van der Waals surface area (Å²) in [7, 11) is 0. The van der Waals surface area contributed by atoms with Gasteiger partial charge in [0.25, 0.3) is 0 Å². The van der Waals surface area contributed by atoms with Crippen LogP contribution in [0.1, 0.15) is 11.1 Å². The summed E-state index contributed by atoms with van der Waals surface area (Å²) >= 11 is 1.81. The number of benzene rings is 4. The van der Waals surface area contributed by atoms with E-state index in [9.17, 15) is 5.26 Å². The van der Waals surface area contributed by atoms with Gasteiger partial charge in [0.2, 0.25) is 0 Å². The monoisotopic (exact) mass is 544 g/mol. The van der Waals surface area contributed by atoms with Crippen molar-refractivity contribution in [1.82, 2.24) is 4.98 Å². The van der Waals surface area contributed by atoms with Crippen LogP contribution in [0, 0.1) is 22.7 Å². The Labute approximate surface area is 242 Å². The molecule has 2 aromatic heterocycles. The van der Waals surface area contributed by atoms with Crippen molar-refractivity contribution in [3.05, 3.63) is 138 Å². The first-order chi connectivity index (χ1) is 20.1. The van der Waals surface area contributed by atoms with Gasteiger partial charge in [0.1, 0.15) is 0 Å². The van der Waals surface area contributed by atoms with Crippen LogP contribution in [0.3, 0.4) is 0 Å². The van der Waals surface area contributed by atoms with Crippen LogP contribution in [-0.4, -0.2) is 4.98 Å². The molecule has 0 spiro atoms. The maximum Gasteiger partial charge on any atom is 0.0992 e. The fourth-order valence-electron chi connectivity index (χ4n) is 4.94. The maximum atomic E-state index is 9.19. The summed E-state index contributed by atoms with van der Waals surface area (Å²) < 4.78 is 2.51. The molecule has 0 amide bonds. The van der Waals surface area contributed by atoms with Crippen LogP contribution in [0.2, 0.25) is 0 Å². The van der Waals surface area contributed by atoms with Gasteiger partial charge in [-0.1, -0.05) is 78.9 Å². The number of nitrogens with zero attached hydrogens (tertiary/aromatic N) is 3. The van der Waals surface area contributed by atoms with Gasteiger partial charge >= 0.3 is 0 Å². The lowest BCUT2D eigenvalue weighted by Gasteiger charge is -2.05. The van der Waals surface area contributed by atoms with Gasteiger partial charge in [-0.15, -0.1) is 11.3 Å². The van der Waals surface area contributed by atoms with Gasteiger partial charge in [0.15, 0.2) is 0 Å². The van der Waals surface area contributed by atoms with Crippen LogP contribution in [0.4, 0.5) is 0 Å². The second kappa shape index (κ2) is 11.3. The zero-order valence-electron chi connectivity index (χ0n) is 22.1. The number of hydrogen-bond acceptors (Lipinski definition) is 5. The average molecular weight is 545 g/mol. The van der Waals surface area contributed by atoms with Gasteiger partial charge in [-0.25, -0.2) is 0 Å². The minimum absolute atomic E-state index is 0.562. The zero-order valence-corrected chi connectivity index (χ0v) is 22.9.